The highest BCUT2D eigenvalue weighted by atomic mass is 16.5. The van der Waals surface area contributed by atoms with Crippen LogP contribution in [0.15, 0.2) is 0 Å². The third-order valence-corrected chi connectivity index (χ3v) is 2.20. The predicted molar refractivity (Wildman–Crippen MR) is 55.0 cm³/mol. The zero-order valence-electron chi connectivity index (χ0n) is 9.24. The molecule has 4 nitrogen and oxygen atoms in total. The van der Waals surface area contributed by atoms with Crippen LogP contribution in [0.25, 0.3) is 0 Å². The number of carbonyl (C=O) groups excluding carboxylic acids is 1. The average Bonchev–Trinajstić information content (AvgIpc) is 2.17. The lowest BCUT2D eigenvalue weighted by atomic mass is 9.92. The molecule has 0 spiro atoms. The third-order valence-electron chi connectivity index (χ3n) is 2.20. The van der Waals surface area contributed by atoms with Gasteiger partial charge in [-0.15, -0.1) is 5.92 Å². The summed E-state index contributed by atoms with van der Waals surface area (Å²) < 4.78 is 4.74. The minimum atomic E-state index is -1.14. The zero-order valence-corrected chi connectivity index (χ0v) is 9.24. The molecule has 0 radical (unpaired) electrons. The molecule has 84 valence electrons. The Balaban J connectivity index is 4.40. The monoisotopic (exact) mass is 212 g/mol. The topological polar surface area (TPSA) is 63.6 Å². The largest absolute Gasteiger partial charge is 0.481 e. The van der Waals surface area contributed by atoms with Crippen LogP contribution in [0.4, 0.5) is 0 Å². The first-order valence-corrected chi connectivity index (χ1v) is 4.83. The summed E-state index contributed by atoms with van der Waals surface area (Å²) in [6, 6.07) is 0. The summed E-state index contributed by atoms with van der Waals surface area (Å²) in [5, 5.41) is 8.86. The smallest absolute Gasteiger partial charge is 0.321 e. The van der Waals surface area contributed by atoms with Crippen molar-refractivity contribution in [2.75, 3.05) is 6.61 Å². The Bertz CT molecular complexity index is 285. The Morgan fingerprint density at radius 3 is 2.47 bits per heavy atom. The van der Waals surface area contributed by atoms with Crippen molar-refractivity contribution in [2.24, 2.45) is 11.8 Å². The molecular weight excluding hydrogens is 196 g/mol. The van der Waals surface area contributed by atoms with Crippen LogP contribution in [-0.4, -0.2) is 23.7 Å². The van der Waals surface area contributed by atoms with Gasteiger partial charge in [-0.2, -0.15) is 0 Å². The Morgan fingerprint density at radius 2 is 2.07 bits per heavy atom. The van der Waals surface area contributed by atoms with Gasteiger partial charge in [0.25, 0.3) is 0 Å². The maximum atomic E-state index is 11.4. The quantitative estimate of drug-likeness (QED) is 0.424. The summed E-state index contributed by atoms with van der Waals surface area (Å²) in [6.07, 6.45) is 0.617. The van der Waals surface area contributed by atoms with E-state index in [2.05, 4.69) is 11.8 Å². The minimum Gasteiger partial charge on any atom is -0.481 e. The fourth-order valence-corrected chi connectivity index (χ4v) is 1.08. The van der Waals surface area contributed by atoms with Gasteiger partial charge >= 0.3 is 11.9 Å². The molecule has 0 bridgehead atoms. The van der Waals surface area contributed by atoms with Crippen molar-refractivity contribution in [3.8, 4) is 11.8 Å². The number of hydrogen-bond donors (Lipinski definition) is 1. The summed E-state index contributed by atoms with van der Waals surface area (Å²) in [6.45, 7) is 5.12. The number of carboxylic acids is 1. The Morgan fingerprint density at radius 1 is 1.47 bits per heavy atom. The van der Waals surface area contributed by atoms with Crippen LogP contribution < -0.4 is 0 Å². The van der Waals surface area contributed by atoms with Crippen LogP contribution in [0.5, 0.6) is 0 Å². The lowest BCUT2D eigenvalue weighted by Gasteiger charge is -2.16. The third kappa shape index (κ3) is 4.50. The molecule has 2 atom stereocenters. The van der Waals surface area contributed by atoms with E-state index in [0.717, 1.165) is 0 Å². The van der Waals surface area contributed by atoms with E-state index < -0.39 is 17.9 Å². The van der Waals surface area contributed by atoms with E-state index in [1.54, 1.807) is 13.8 Å². The molecule has 15 heavy (non-hydrogen) atoms. The number of hydrogen-bond acceptors (Lipinski definition) is 3. The van der Waals surface area contributed by atoms with Gasteiger partial charge in [0.2, 0.25) is 0 Å². The highest BCUT2D eigenvalue weighted by molar-refractivity contribution is 5.94. The van der Waals surface area contributed by atoms with Crippen molar-refractivity contribution < 1.29 is 19.4 Å². The van der Waals surface area contributed by atoms with Crippen molar-refractivity contribution >= 4 is 11.9 Å². The summed E-state index contributed by atoms with van der Waals surface area (Å²) in [7, 11) is 0. The van der Waals surface area contributed by atoms with Gasteiger partial charge in [-0.1, -0.05) is 26.2 Å². The van der Waals surface area contributed by atoms with E-state index in [-0.39, 0.29) is 12.5 Å². The molecule has 0 aromatic carbocycles. The molecule has 0 aromatic heterocycles. The molecule has 0 saturated heterocycles. The SMILES string of the molecule is CC#CCOC(=O)C(C(=O)O)C(C)CC. The van der Waals surface area contributed by atoms with Gasteiger partial charge in [0.05, 0.1) is 0 Å². The van der Waals surface area contributed by atoms with Gasteiger partial charge in [-0.05, 0) is 12.8 Å². The van der Waals surface area contributed by atoms with Gasteiger partial charge < -0.3 is 9.84 Å². The Kier molecular flexibility index (Phi) is 6.19. The van der Waals surface area contributed by atoms with Gasteiger partial charge in [0, 0.05) is 0 Å². The van der Waals surface area contributed by atoms with E-state index in [0.29, 0.717) is 6.42 Å². The first-order chi connectivity index (χ1) is 7.04. The maximum absolute atomic E-state index is 11.4. The molecule has 2 unspecified atom stereocenters. The van der Waals surface area contributed by atoms with E-state index in [1.807, 2.05) is 6.92 Å². The zero-order chi connectivity index (χ0) is 11.8. The first kappa shape index (κ1) is 13.5. The number of carboxylic acid groups (broad SMARTS) is 1. The first-order valence-electron chi connectivity index (χ1n) is 4.83. The second kappa shape index (κ2) is 6.88. The Hall–Kier alpha value is -1.50. The summed E-state index contributed by atoms with van der Waals surface area (Å²) in [4.78, 5) is 22.2. The fraction of sp³-hybridized carbons (Fsp3) is 0.636. The van der Waals surface area contributed by atoms with Crippen molar-refractivity contribution in [3.63, 3.8) is 0 Å². The molecule has 0 aromatic rings. The molecule has 0 aliphatic rings. The van der Waals surface area contributed by atoms with Crippen molar-refractivity contribution in [1.29, 1.82) is 0 Å². The molecule has 0 aliphatic carbocycles. The molecule has 0 rings (SSSR count). The van der Waals surface area contributed by atoms with Crippen molar-refractivity contribution in [1.82, 2.24) is 0 Å². The number of esters is 1. The van der Waals surface area contributed by atoms with Crippen molar-refractivity contribution in [2.45, 2.75) is 27.2 Å². The van der Waals surface area contributed by atoms with Crippen LogP contribution in [0, 0.1) is 23.7 Å². The molecule has 1 N–H and O–H groups in total. The fourth-order valence-electron chi connectivity index (χ4n) is 1.08. The van der Waals surface area contributed by atoms with Crippen LogP contribution in [-0.2, 0) is 14.3 Å². The van der Waals surface area contributed by atoms with Crippen LogP contribution >= 0.6 is 0 Å². The summed E-state index contributed by atoms with van der Waals surface area (Å²) in [5.41, 5.74) is 0. The molecule has 0 saturated carbocycles. The second-order valence-corrected chi connectivity index (χ2v) is 3.24. The lowest BCUT2D eigenvalue weighted by molar-refractivity contribution is -0.160. The van der Waals surface area contributed by atoms with E-state index >= 15 is 0 Å². The average molecular weight is 212 g/mol. The molecule has 4 heteroatoms. The number of aliphatic carboxylic acids is 1. The lowest BCUT2D eigenvalue weighted by Crippen LogP contribution is -2.31. The van der Waals surface area contributed by atoms with Crippen LogP contribution in [0.2, 0.25) is 0 Å². The highest BCUT2D eigenvalue weighted by Crippen LogP contribution is 2.17. The van der Waals surface area contributed by atoms with E-state index in [4.69, 9.17) is 9.84 Å². The highest BCUT2D eigenvalue weighted by Gasteiger charge is 2.32. The van der Waals surface area contributed by atoms with Gasteiger partial charge in [0.15, 0.2) is 12.5 Å². The molecule has 0 heterocycles. The predicted octanol–water partition coefficient (Wildman–Crippen LogP) is 1.30. The standard InChI is InChI=1S/C11H16O4/c1-4-6-7-15-11(14)9(10(12)13)8(3)5-2/h8-9H,5,7H2,1-3H3,(H,12,13). The van der Waals surface area contributed by atoms with Crippen LogP contribution in [0.3, 0.4) is 0 Å². The number of ether oxygens (including phenoxy) is 1. The van der Waals surface area contributed by atoms with Gasteiger partial charge in [-0.25, -0.2) is 0 Å². The summed E-state index contributed by atoms with van der Waals surface area (Å²) >= 11 is 0. The minimum absolute atomic E-state index is 0.0461. The number of rotatable bonds is 5. The molecular formula is C11H16O4. The Labute approximate surface area is 89.6 Å². The van der Waals surface area contributed by atoms with E-state index in [9.17, 15) is 9.59 Å². The molecule has 0 aliphatic heterocycles. The molecule has 0 fully saturated rings. The van der Waals surface area contributed by atoms with E-state index in [1.165, 1.54) is 0 Å². The van der Waals surface area contributed by atoms with Crippen molar-refractivity contribution in [3.05, 3.63) is 0 Å². The normalized spacial score (nSPS) is 13.3. The van der Waals surface area contributed by atoms with Crippen LogP contribution in [0.1, 0.15) is 27.2 Å². The van der Waals surface area contributed by atoms with Gasteiger partial charge in [0.1, 0.15) is 0 Å². The second-order valence-electron chi connectivity index (χ2n) is 3.24. The maximum Gasteiger partial charge on any atom is 0.321 e. The van der Waals surface area contributed by atoms with Gasteiger partial charge in [-0.3, -0.25) is 9.59 Å². The number of carbonyl (C=O) groups is 2. The summed E-state index contributed by atoms with van der Waals surface area (Å²) in [5.74, 6) is 1.93. The molecule has 0 amide bonds.